The Morgan fingerprint density at radius 2 is 2.08 bits per heavy atom. The summed E-state index contributed by atoms with van der Waals surface area (Å²) in [5.41, 5.74) is 2.63. The van der Waals surface area contributed by atoms with Gasteiger partial charge < -0.3 is 5.32 Å². The van der Waals surface area contributed by atoms with Crippen molar-refractivity contribution in [2.45, 2.75) is 0 Å². The fourth-order valence-corrected chi connectivity index (χ4v) is 1.90. The second kappa shape index (κ2) is 4.59. The van der Waals surface area contributed by atoms with Gasteiger partial charge in [0, 0.05) is 8.95 Å². The van der Waals surface area contributed by atoms with Crippen molar-refractivity contribution in [1.82, 2.24) is 5.43 Å². The van der Waals surface area contributed by atoms with Gasteiger partial charge in [-0.2, -0.15) is 0 Å². The number of hydrogen-bond acceptors (Lipinski definition) is 2. The zero-order valence-electron chi connectivity index (χ0n) is 6.47. The third-order valence-electron chi connectivity index (χ3n) is 1.31. The van der Waals surface area contributed by atoms with Crippen LogP contribution in [-0.2, 0) is 0 Å². The predicted octanol–water partition coefficient (Wildman–Crippen LogP) is 2.21. The molecule has 0 heterocycles. The largest absolute Gasteiger partial charge is 0.333 e. The Morgan fingerprint density at radius 3 is 2.62 bits per heavy atom. The minimum atomic E-state index is -0.456. The van der Waals surface area contributed by atoms with E-state index in [9.17, 15) is 4.79 Å². The van der Waals surface area contributed by atoms with Crippen LogP contribution in [0.25, 0.3) is 0 Å². The van der Waals surface area contributed by atoms with Crippen molar-refractivity contribution >= 4 is 43.6 Å². The number of carbonyl (C=O) groups is 1. The van der Waals surface area contributed by atoms with E-state index in [1.807, 2.05) is 17.6 Å². The summed E-state index contributed by atoms with van der Waals surface area (Å²) in [6, 6.07) is 4.94. The van der Waals surface area contributed by atoms with Crippen LogP contribution in [0.1, 0.15) is 0 Å². The molecule has 1 aromatic rings. The van der Waals surface area contributed by atoms with Crippen LogP contribution in [0, 0.1) is 0 Å². The lowest BCUT2D eigenvalue weighted by Gasteiger charge is -2.06. The molecule has 13 heavy (non-hydrogen) atoms. The van der Waals surface area contributed by atoms with Gasteiger partial charge in [-0.1, -0.05) is 15.9 Å². The molecule has 0 saturated carbocycles. The summed E-state index contributed by atoms with van der Waals surface area (Å²) in [5, 5.41) is 2.54. The van der Waals surface area contributed by atoms with E-state index in [2.05, 4.69) is 37.2 Å². The lowest BCUT2D eigenvalue weighted by atomic mass is 10.3. The molecule has 1 aromatic carbocycles. The number of benzene rings is 1. The molecule has 0 fully saturated rings. The highest BCUT2D eigenvalue weighted by molar-refractivity contribution is 9.11. The van der Waals surface area contributed by atoms with E-state index >= 15 is 0 Å². The van der Waals surface area contributed by atoms with Crippen molar-refractivity contribution in [2.75, 3.05) is 5.32 Å². The predicted molar refractivity (Wildman–Crippen MR) is 58.2 cm³/mol. The molecule has 0 bridgehead atoms. The Morgan fingerprint density at radius 1 is 1.38 bits per heavy atom. The van der Waals surface area contributed by atoms with Gasteiger partial charge >= 0.3 is 6.03 Å². The Kier molecular flexibility index (Phi) is 3.71. The molecule has 1 rings (SSSR count). The molecule has 0 aromatic heterocycles. The van der Waals surface area contributed by atoms with Crippen LogP contribution in [0.3, 0.4) is 0 Å². The lowest BCUT2D eigenvalue weighted by Crippen LogP contribution is -2.34. The van der Waals surface area contributed by atoms with E-state index in [1.54, 1.807) is 6.07 Å². The quantitative estimate of drug-likeness (QED) is 0.423. The highest BCUT2D eigenvalue weighted by Crippen LogP contribution is 2.25. The zero-order valence-corrected chi connectivity index (χ0v) is 9.65. The van der Waals surface area contributed by atoms with Crippen molar-refractivity contribution in [2.24, 2.45) is 5.84 Å². The van der Waals surface area contributed by atoms with E-state index in [0.717, 1.165) is 8.95 Å². The number of carbonyl (C=O) groups excluding carboxylic acids is 1. The fourth-order valence-electron chi connectivity index (χ4n) is 0.749. The number of rotatable bonds is 1. The minimum Gasteiger partial charge on any atom is -0.306 e. The van der Waals surface area contributed by atoms with Gasteiger partial charge in [-0.25, -0.2) is 10.6 Å². The number of halogens is 2. The van der Waals surface area contributed by atoms with Gasteiger partial charge in [-0.3, -0.25) is 5.43 Å². The molecule has 6 heteroatoms. The Balaban J connectivity index is 2.83. The van der Waals surface area contributed by atoms with Gasteiger partial charge in [0.25, 0.3) is 0 Å². The first kappa shape index (κ1) is 10.5. The molecule has 2 amide bonds. The Hall–Kier alpha value is -0.590. The number of nitrogens with one attached hydrogen (secondary N) is 2. The van der Waals surface area contributed by atoms with Crippen molar-refractivity contribution in [3.05, 3.63) is 27.1 Å². The van der Waals surface area contributed by atoms with Gasteiger partial charge in [0.2, 0.25) is 0 Å². The van der Waals surface area contributed by atoms with Gasteiger partial charge in [-0.05, 0) is 34.1 Å². The second-order valence-electron chi connectivity index (χ2n) is 2.22. The molecule has 0 spiro atoms. The molecule has 4 nitrogen and oxygen atoms in total. The minimum absolute atomic E-state index is 0.456. The van der Waals surface area contributed by atoms with Crippen molar-refractivity contribution in [3.63, 3.8) is 0 Å². The molecule has 0 atom stereocenters. The van der Waals surface area contributed by atoms with Crippen molar-refractivity contribution < 1.29 is 4.79 Å². The zero-order chi connectivity index (χ0) is 9.84. The van der Waals surface area contributed by atoms with Crippen LogP contribution < -0.4 is 16.6 Å². The number of hydrogen-bond donors (Lipinski definition) is 3. The van der Waals surface area contributed by atoms with Crippen molar-refractivity contribution in [1.29, 1.82) is 0 Å². The smallest absolute Gasteiger partial charge is 0.306 e. The van der Waals surface area contributed by atoms with Crippen LogP contribution in [0.4, 0.5) is 10.5 Å². The molecule has 0 aliphatic heterocycles. The van der Waals surface area contributed by atoms with Crippen LogP contribution in [-0.4, -0.2) is 6.03 Å². The van der Waals surface area contributed by atoms with Gasteiger partial charge in [0.15, 0.2) is 0 Å². The first-order chi connectivity index (χ1) is 6.13. The number of anilines is 1. The van der Waals surface area contributed by atoms with E-state index in [4.69, 9.17) is 5.84 Å². The lowest BCUT2D eigenvalue weighted by molar-refractivity contribution is 0.252. The highest BCUT2D eigenvalue weighted by atomic mass is 79.9. The third-order valence-corrected chi connectivity index (χ3v) is 2.46. The van der Waals surface area contributed by atoms with Crippen LogP contribution >= 0.6 is 31.9 Å². The molecule has 0 aliphatic carbocycles. The summed E-state index contributed by atoms with van der Waals surface area (Å²) in [6.07, 6.45) is 0. The molecular weight excluding hydrogens is 302 g/mol. The normalized spacial score (nSPS) is 9.46. The number of hydrazine groups is 1. The summed E-state index contributed by atoms with van der Waals surface area (Å²) < 4.78 is 1.71. The average Bonchev–Trinajstić information content (AvgIpc) is 2.09. The van der Waals surface area contributed by atoms with Gasteiger partial charge in [0.1, 0.15) is 0 Å². The van der Waals surface area contributed by atoms with E-state index in [-0.39, 0.29) is 0 Å². The van der Waals surface area contributed by atoms with Crippen molar-refractivity contribution in [3.8, 4) is 0 Å². The summed E-state index contributed by atoms with van der Waals surface area (Å²) in [4.78, 5) is 10.8. The maximum atomic E-state index is 10.8. The maximum absolute atomic E-state index is 10.8. The first-order valence-corrected chi connectivity index (χ1v) is 4.94. The summed E-state index contributed by atoms with van der Waals surface area (Å²) >= 11 is 6.59. The standard InChI is InChI=1S/C7H7Br2N3O/c8-4-1-2-6(5(9)3-4)11-7(13)12-10/h1-3H,10H2,(H2,11,12,13). The Bertz CT molecular complexity index is 330. The van der Waals surface area contributed by atoms with Crippen LogP contribution in [0.5, 0.6) is 0 Å². The topological polar surface area (TPSA) is 67.1 Å². The second-order valence-corrected chi connectivity index (χ2v) is 3.99. The fraction of sp³-hybridized carbons (Fsp3) is 0. The average molecular weight is 309 g/mol. The number of nitrogens with two attached hydrogens (primary N) is 1. The van der Waals surface area contributed by atoms with E-state index in [0.29, 0.717) is 5.69 Å². The van der Waals surface area contributed by atoms with Gasteiger partial charge in [0.05, 0.1) is 5.69 Å². The van der Waals surface area contributed by atoms with Gasteiger partial charge in [-0.15, -0.1) is 0 Å². The van der Waals surface area contributed by atoms with E-state index < -0.39 is 6.03 Å². The number of urea groups is 1. The summed E-state index contributed by atoms with van der Waals surface area (Å²) in [6.45, 7) is 0. The molecular formula is C7H7Br2N3O. The molecule has 0 unspecified atom stereocenters. The number of amides is 2. The van der Waals surface area contributed by atoms with E-state index in [1.165, 1.54) is 0 Å². The summed E-state index contributed by atoms with van der Waals surface area (Å²) in [5.74, 6) is 4.91. The highest BCUT2D eigenvalue weighted by Gasteiger charge is 2.03. The molecule has 0 radical (unpaired) electrons. The van der Waals surface area contributed by atoms with Crippen LogP contribution in [0.15, 0.2) is 27.1 Å². The molecule has 70 valence electrons. The third kappa shape index (κ3) is 2.98. The molecule has 0 aliphatic rings. The maximum Gasteiger partial charge on any atom is 0.333 e. The Labute approximate surface area is 92.1 Å². The molecule has 0 saturated heterocycles. The summed E-state index contributed by atoms with van der Waals surface area (Å²) in [7, 11) is 0. The SMILES string of the molecule is NNC(=O)Nc1ccc(Br)cc1Br. The molecule has 4 N–H and O–H groups in total. The monoisotopic (exact) mass is 307 g/mol. The first-order valence-electron chi connectivity index (χ1n) is 3.36. The van der Waals surface area contributed by atoms with Crippen LogP contribution in [0.2, 0.25) is 0 Å².